The van der Waals surface area contributed by atoms with E-state index in [-0.39, 0.29) is 6.03 Å². The van der Waals surface area contributed by atoms with Crippen molar-refractivity contribution < 1.29 is 9.18 Å². The van der Waals surface area contributed by atoms with Crippen LogP contribution in [0, 0.1) is 0 Å². The number of rotatable bonds is 4. The van der Waals surface area contributed by atoms with Crippen LogP contribution in [0.3, 0.4) is 0 Å². The van der Waals surface area contributed by atoms with Crippen LogP contribution in [-0.2, 0) is 0 Å². The van der Waals surface area contributed by atoms with Gasteiger partial charge in [0, 0.05) is 25.4 Å². The first kappa shape index (κ1) is 15.0. The van der Waals surface area contributed by atoms with Gasteiger partial charge in [0.05, 0.1) is 0 Å². The molecule has 2 rings (SSSR count). The molecule has 1 heterocycles. The topological polar surface area (TPSA) is 70.7 Å². The highest BCUT2D eigenvalue weighted by Gasteiger charge is 2.27. The summed E-state index contributed by atoms with van der Waals surface area (Å²) in [5, 5.41) is 2.62. The van der Waals surface area contributed by atoms with Gasteiger partial charge in [-0.1, -0.05) is 18.7 Å². The molecule has 2 amide bonds. The second-order valence-corrected chi connectivity index (χ2v) is 4.96. The van der Waals surface area contributed by atoms with Crippen LogP contribution in [0.1, 0.15) is 19.3 Å². The first-order valence-electron chi connectivity index (χ1n) is 6.76. The highest BCUT2D eigenvalue weighted by Crippen LogP contribution is 2.20. The van der Waals surface area contributed by atoms with Crippen molar-refractivity contribution in [2.24, 2.45) is 10.7 Å². The molecule has 112 valence electrons. The summed E-state index contributed by atoms with van der Waals surface area (Å²) in [6.07, 6.45) is 7.49. The summed E-state index contributed by atoms with van der Waals surface area (Å²) in [7, 11) is 1.61. The second kappa shape index (κ2) is 6.39. The summed E-state index contributed by atoms with van der Waals surface area (Å²) < 4.78 is 13.2. The lowest BCUT2D eigenvalue weighted by Crippen LogP contribution is -2.24. The number of alkyl halides is 1. The van der Waals surface area contributed by atoms with Gasteiger partial charge in [0.15, 0.2) is 5.84 Å². The normalized spacial score (nSPS) is 25.4. The molecule has 5 nitrogen and oxygen atoms in total. The lowest BCUT2D eigenvalue weighted by Gasteiger charge is -2.10. The van der Waals surface area contributed by atoms with Crippen molar-refractivity contribution in [2.75, 3.05) is 7.05 Å². The molecule has 0 bridgehead atoms. The zero-order chi connectivity index (χ0) is 15.4. The summed E-state index contributed by atoms with van der Waals surface area (Å²) in [5.74, 6) is 0.395. The molecule has 1 atom stereocenters. The number of aliphatic imine (C=N–C) groups is 1. The van der Waals surface area contributed by atoms with Gasteiger partial charge in [0.1, 0.15) is 11.9 Å². The summed E-state index contributed by atoms with van der Waals surface area (Å²) in [4.78, 5) is 17.2. The van der Waals surface area contributed by atoms with Gasteiger partial charge in [0.2, 0.25) is 0 Å². The maximum Gasteiger partial charge on any atom is 0.327 e. The van der Waals surface area contributed by atoms with Crippen LogP contribution in [0.5, 0.6) is 0 Å². The minimum Gasteiger partial charge on any atom is -0.403 e. The number of hydrogen-bond acceptors (Lipinski definition) is 3. The minimum absolute atomic E-state index is 0.281. The Morgan fingerprint density at radius 1 is 1.71 bits per heavy atom. The molecule has 0 aromatic rings. The van der Waals surface area contributed by atoms with Gasteiger partial charge >= 0.3 is 6.03 Å². The van der Waals surface area contributed by atoms with Crippen molar-refractivity contribution in [2.45, 2.75) is 25.4 Å². The van der Waals surface area contributed by atoms with Crippen LogP contribution in [0.25, 0.3) is 0 Å². The van der Waals surface area contributed by atoms with Crippen molar-refractivity contribution in [1.29, 1.82) is 0 Å². The number of nitrogens with zero attached hydrogens (tertiary/aromatic N) is 2. The maximum absolute atomic E-state index is 13.2. The maximum atomic E-state index is 13.2. The lowest BCUT2D eigenvalue weighted by atomic mass is 10.0. The molecule has 0 aromatic carbocycles. The predicted molar refractivity (Wildman–Crippen MR) is 81.1 cm³/mol. The van der Waals surface area contributed by atoms with E-state index in [2.05, 4.69) is 16.9 Å². The summed E-state index contributed by atoms with van der Waals surface area (Å²) in [6.45, 7) is 3.87. The molecule has 1 aliphatic heterocycles. The van der Waals surface area contributed by atoms with E-state index < -0.39 is 6.17 Å². The van der Waals surface area contributed by atoms with E-state index in [1.54, 1.807) is 13.1 Å². The Kier molecular flexibility index (Phi) is 4.57. The van der Waals surface area contributed by atoms with Crippen LogP contribution in [0.2, 0.25) is 0 Å². The zero-order valence-corrected chi connectivity index (χ0v) is 12.0. The summed E-state index contributed by atoms with van der Waals surface area (Å²) >= 11 is 0. The van der Waals surface area contributed by atoms with Crippen molar-refractivity contribution in [3.8, 4) is 0 Å². The van der Waals surface area contributed by atoms with E-state index in [0.29, 0.717) is 36.5 Å². The number of hydrogen-bond donors (Lipinski definition) is 2. The number of amides is 2. The molecule has 3 N–H and O–H groups in total. The monoisotopic (exact) mass is 290 g/mol. The molecule has 0 saturated carbocycles. The Morgan fingerprint density at radius 2 is 2.48 bits per heavy atom. The Balaban J connectivity index is 1.97. The van der Waals surface area contributed by atoms with Crippen molar-refractivity contribution in [1.82, 2.24) is 10.2 Å². The molecule has 21 heavy (non-hydrogen) atoms. The molecule has 1 saturated heterocycles. The standard InChI is InChI=1S/C15H19FN4O/c1-10(6-7-11-4-3-5-12(16)8-11)18-14-13(9-17)20(2)15(21)19-14/h3-4,8-9,12H,1,5-7,17H2,2H3,(H,18,19,21)/b13-9+. The van der Waals surface area contributed by atoms with Gasteiger partial charge in [-0.2, -0.15) is 0 Å². The lowest BCUT2D eigenvalue weighted by molar-refractivity contribution is 0.230. The van der Waals surface area contributed by atoms with E-state index in [1.807, 2.05) is 12.2 Å². The van der Waals surface area contributed by atoms with Crippen LogP contribution < -0.4 is 11.1 Å². The van der Waals surface area contributed by atoms with Gasteiger partial charge in [-0.15, -0.1) is 0 Å². The molecule has 2 aliphatic rings. The molecule has 6 heteroatoms. The zero-order valence-electron chi connectivity index (χ0n) is 12.0. The van der Waals surface area contributed by atoms with Crippen molar-refractivity contribution in [3.63, 3.8) is 0 Å². The van der Waals surface area contributed by atoms with E-state index in [9.17, 15) is 9.18 Å². The quantitative estimate of drug-likeness (QED) is 0.834. The molecule has 0 spiro atoms. The number of carbonyl (C=O) groups is 1. The Labute approximate surface area is 123 Å². The fourth-order valence-electron chi connectivity index (χ4n) is 2.17. The van der Waals surface area contributed by atoms with E-state index >= 15 is 0 Å². The Morgan fingerprint density at radius 3 is 3.14 bits per heavy atom. The number of nitrogens with one attached hydrogen (secondary N) is 1. The van der Waals surface area contributed by atoms with Gasteiger partial charge in [-0.25, -0.2) is 14.2 Å². The number of allylic oxidation sites excluding steroid dienone is 5. The number of nitrogens with two attached hydrogens (primary N) is 1. The van der Waals surface area contributed by atoms with Crippen LogP contribution in [0.15, 0.2) is 53.0 Å². The van der Waals surface area contributed by atoms with Crippen molar-refractivity contribution >= 4 is 11.9 Å². The second-order valence-electron chi connectivity index (χ2n) is 4.96. The molecule has 0 radical (unpaired) electrons. The van der Waals surface area contributed by atoms with Crippen LogP contribution >= 0.6 is 0 Å². The fourth-order valence-corrected chi connectivity index (χ4v) is 2.17. The third-order valence-electron chi connectivity index (χ3n) is 3.35. The molecule has 1 fully saturated rings. The molecule has 1 unspecified atom stereocenters. The molecular weight excluding hydrogens is 271 g/mol. The van der Waals surface area contributed by atoms with Crippen molar-refractivity contribution in [3.05, 3.63) is 48.0 Å². The number of carbonyl (C=O) groups excluding carboxylic acids is 1. The highest BCUT2D eigenvalue weighted by atomic mass is 19.1. The minimum atomic E-state index is -0.904. The SMILES string of the molecule is C=C(CCC1=CC(F)CC=C1)/N=C1/NC(=O)N(C)/C1=C/N. The van der Waals surface area contributed by atoms with Gasteiger partial charge in [-0.3, -0.25) is 10.2 Å². The van der Waals surface area contributed by atoms with E-state index in [1.165, 1.54) is 11.1 Å². The number of halogens is 1. The number of amidine groups is 1. The summed E-state index contributed by atoms with van der Waals surface area (Å²) in [6, 6.07) is -0.281. The molecule has 0 aromatic heterocycles. The van der Waals surface area contributed by atoms with Gasteiger partial charge < -0.3 is 5.73 Å². The average molecular weight is 290 g/mol. The Bertz CT molecular complexity index is 574. The fraction of sp³-hybridized carbons (Fsp3) is 0.333. The third-order valence-corrected chi connectivity index (χ3v) is 3.35. The molecule has 1 aliphatic carbocycles. The van der Waals surface area contributed by atoms with Gasteiger partial charge in [-0.05, 0) is 24.5 Å². The van der Waals surface area contributed by atoms with Crippen LogP contribution in [0.4, 0.5) is 9.18 Å². The first-order chi connectivity index (χ1) is 10.0. The van der Waals surface area contributed by atoms with Crippen LogP contribution in [-0.4, -0.2) is 30.0 Å². The number of urea groups is 1. The Hall–Kier alpha value is -2.37. The first-order valence-corrected chi connectivity index (χ1v) is 6.76. The average Bonchev–Trinajstić information content (AvgIpc) is 2.71. The third kappa shape index (κ3) is 3.59. The predicted octanol–water partition coefficient (Wildman–Crippen LogP) is 2.36. The summed E-state index contributed by atoms with van der Waals surface area (Å²) in [5.41, 5.74) is 7.56. The largest absolute Gasteiger partial charge is 0.403 e. The molecular formula is C15H19FN4O. The number of likely N-dealkylation sites (N-methyl/N-ethyl adjacent to an activating group) is 1. The highest BCUT2D eigenvalue weighted by molar-refractivity contribution is 6.14. The van der Waals surface area contributed by atoms with Gasteiger partial charge in [0.25, 0.3) is 0 Å². The smallest absolute Gasteiger partial charge is 0.327 e. The van der Waals surface area contributed by atoms with E-state index in [4.69, 9.17) is 5.73 Å². The van der Waals surface area contributed by atoms with E-state index in [0.717, 1.165) is 5.57 Å².